The zero-order valence-corrected chi connectivity index (χ0v) is 17.8. The molecule has 0 fully saturated rings. The summed E-state index contributed by atoms with van der Waals surface area (Å²) in [7, 11) is 0. The zero-order valence-electron chi connectivity index (χ0n) is 17.0. The Labute approximate surface area is 174 Å². The van der Waals surface area contributed by atoms with E-state index < -0.39 is 0 Å². The normalized spacial score (nSPS) is 11.5. The molecule has 29 heavy (non-hydrogen) atoms. The zero-order chi connectivity index (χ0) is 20.5. The minimum absolute atomic E-state index is 0.147. The third-order valence-corrected chi connectivity index (χ3v) is 5.78. The van der Waals surface area contributed by atoms with Gasteiger partial charge in [-0.1, -0.05) is 38.1 Å². The number of hydrogen-bond acceptors (Lipinski definition) is 4. The van der Waals surface area contributed by atoms with Gasteiger partial charge in [-0.15, -0.1) is 11.3 Å². The van der Waals surface area contributed by atoms with Gasteiger partial charge in [-0.2, -0.15) is 5.10 Å². The molecule has 6 heteroatoms. The number of aromatic nitrogens is 3. The molecule has 0 atom stereocenters. The summed E-state index contributed by atoms with van der Waals surface area (Å²) in [6, 6.07) is 14.0. The Morgan fingerprint density at radius 3 is 2.59 bits per heavy atom. The van der Waals surface area contributed by atoms with Gasteiger partial charge in [0.05, 0.1) is 17.1 Å². The molecule has 4 rings (SSSR count). The van der Waals surface area contributed by atoms with Crippen molar-refractivity contribution in [3.8, 4) is 10.4 Å². The van der Waals surface area contributed by atoms with Gasteiger partial charge in [0.1, 0.15) is 0 Å². The molecule has 0 aliphatic heterocycles. The van der Waals surface area contributed by atoms with Crippen molar-refractivity contribution < 1.29 is 4.79 Å². The number of carbonyl (C=O) groups is 1. The lowest BCUT2D eigenvalue weighted by atomic mass is 10.0. The predicted molar refractivity (Wildman–Crippen MR) is 120 cm³/mol. The summed E-state index contributed by atoms with van der Waals surface area (Å²) in [6.07, 6.45) is 1.74. The lowest BCUT2D eigenvalue weighted by Gasteiger charge is -2.13. The van der Waals surface area contributed by atoms with Crippen LogP contribution in [0.1, 0.15) is 55.7 Å². The number of amides is 1. The summed E-state index contributed by atoms with van der Waals surface area (Å²) in [6.45, 7) is 8.29. The number of carbonyl (C=O) groups excluding carboxylic acids is 1. The van der Waals surface area contributed by atoms with Gasteiger partial charge in [-0.05, 0) is 43.3 Å². The van der Waals surface area contributed by atoms with Gasteiger partial charge in [0.25, 0.3) is 5.91 Å². The second kappa shape index (κ2) is 7.79. The van der Waals surface area contributed by atoms with Crippen molar-refractivity contribution in [1.29, 1.82) is 0 Å². The molecule has 0 spiro atoms. The van der Waals surface area contributed by atoms with Crippen LogP contribution in [0.3, 0.4) is 0 Å². The van der Waals surface area contributed by atoms with E-state index in [2.05, 4.69) is 44.2 Å². The van der Waals surface area contributed by atoms with E-state index in [1.54, 1.807) is 17.5 Å². The van der Waals surface area contributed by atoms with Gasteiger partial charge < -0.3 is 5.32 Å². The fourth-order valence-electron chi connectivity index (χ4n) is 3.33. The Bertz CT molecular complexity index is 1160. The third kappa shape index (κ3) is 3.68. The Balaban J connectivity index is 1.79. The Hall–Kier alpha value is -2.99. The molecule has 1 amide bonds. The number of benzene rings is 1. The fraction of sp³-hybridized carbons (Fsp3) is 0.261. The Kier molecular flexibility index (Phi) is 5.20. The molecular weight excluding hydrogens is 380 g/mol. The summed E-state index contributed by atoms with van der Waals surface area (Å²) in [4.78, 5) is 19.2. The van der Waals surface area contributed by atoms with E-state index in [1.807, 2.05) is 46.5 Å². The third-order valence-electron chi connectivity index (χ3n) is 4.87. The molecule has 0 saturated carbocycles. The molecule has 1 N–H and O–H groups in total. The largest absolute Gasteiger partial charge is 0.321 e. The maximum Gasteiger partial charge on any atom is 0.256 e. The Morgan fingerprint density at radius 2 is 1.90 bits per heavy atom. The maximum absolute atomic E-state index is 13.3. The second-order valence-electron chi connectivity index (χ2n) is 7.65. The number of para-hydroxylation sites is 1. The maximum atomic E-state index is 13.3. The molecule has 0 radical (unpaired) electrons. The van der Waals surface area contributed by atoms with Crippen LogP contribution in [0.5, 0.6) is 0 Å². The number of pyridine rings is 1. The molecule has 0 unspecified atom stereocenters. The van der Waals surface area contributed by atoms with Gasteiger partial charge in [0, 0.05) is 27.9 Å². The van der Waals surface area contributed by atoms with E-state index in [4.69, 9.17) is 4.98 Å². The van der Waals surface area contributed by atoms with Crippen LogP contribution in [0.2, 0.25) is 0 Å². The van der Waals surface area contributed by atoms with Crippen LogP contribution in [0.25, 0.3) is 21.5 Å². The number of fused-ring (bicyclic) bond motifs is 1. The van der Waals surface area contributed by atoms with Crippen molar-refractivity contribution in [3.05, 3.63) is 65.3 Å². The lowest BCUT2D eigenvalue weighted by molar-refractivity contribution is 0.102. The molecule has 0 bridgehead atoms. The van der Waals surface area contributed by atoms with E-state index in [-0.39, 0.29) is 17.9 Å². The van der Waals surface area contributed by atoms with Crippen molar-refractivity contribution in [2.75, 3.05) is 5.32 Å². The fourth-order valence-corrected chi connectivity index (χ4v) is 4.09. The van der Waals surface area contributed by atoms with Gasteiger partial charge >= 0.3 is 0 Å². The first-order valence-electron chi connectivity index (χ1n) is 9.78. The monoisotopic (exact) mass is 404 g/mol. The predicted octanol–water partition coefficient (Wildman–Crippen LogP) is 6.12. The lowest BCUT2D eigenvalue weighted by Crippen LogP contribution is -2.14. The van der Waals surface area contributed by atoms with Crippen LogP contribution < -0.4 is 5.32 Å². The summed E-state index contributed by atoms with van der Waals surface area (Å²) < 4.78 is 1.87. The highest BCUT2D eigenvalue weighted by atomic mass is 32.1. The van der Waals surface area contributed by atoms with E-state index in [0.717, 1.165) is 32.9 Å². The number of rotatable bonds is 5. The molecule has 0 saturated heterocycles. The minimum Gasteiger partial charge on any atom is -0.321 e. The first-order chi connectivity index (χ1) is 14.0. The summed E-state index contributed by atoms with van der Waals surface area (Å²) >= 11 is 1.65. The minimum atomic E-state index is -0.147. The number of nitrogens with zero attached hydrogens (tertiary/aromatic N) is 3. The molecule has 3 aromatic heterocycles. The van der Waals surface area contributed by atoms with Crippen LogP contribution in [0.4, 0.5) is 5.69 Å². The van der Waals surface area contributed by atoms with Crippen molar-refractivity contribution in [2.24, 2.45) is 0 Å². The van der Waals surface area contributed by atoms with Gasteiger partial charge in [0.2, 0.25) is 0 Å². The average molecular weight is 405 g/mol. The molecule has 5 nitrogen and oxygen atoms in total. The highest BCUT2D eigenvalue weighted by Gasteiger charge is 2.20. The quantitative estimate of drug-likeness (QED) is 0.436. The van der Waals surface area contributed by atoms with Crippen LogP contribution in [-0.4, -0.2) is 20.7 Å². The van der Waals surface area contributed by atoms with E-state index >= 15 is 0 Å². The van der Waals surface area contributed by atoms with E-state index in [1.165, 1.54) is 0 Å². The molecular formula is C23H24N4OS. The smallest absolute Gasteiger partial charge is 0.256 e. The molecule has 0 aliphatic rings. The first kappa shape index (κ1) is 19.3. The van der Waals surface area contributed by atoms with Gasteiger partial charge in [0.15, 0.2) is 5.65 Å². The van der Waals surface area contributed by atoms with Gasteiger partial charge in [-0.25, -0.2) is 9.67 Å². The van der Waals surface area contributed by atoms with Crippen LogP contribution >= 0.6 is 11.3 Å². The highest BCUT2D eigenvalue weighted by Crippen LogP contribution is 2.32. The van der Waals surface area contributed by atoms with E-state index in [0.29, 0.717) is 5.56 Å². The van der Waals surface area contributed by atoms with Crippen LogP contribution in [0, 0.1) is 0 Å². The van der Waals surface area contributed by atoms with Crippen molar-refractivity contribution in [1.82, 2.24) is 14.8 Å². The van der Waals surface area contributed by atoms with Crippen molar-refractivity contribution in [2.45, 2.75) is 39.7 Å². The molecule has 3 heterocycles. The number of nitrogens with one attached hydrogen (secondary N) is 1. The summed E-state index contributed by atoms with van der Waals surface area (Å²) in [5.41, 5.74) is 4.06. The molecule has 1 aromatic carbocycles. The van der Waals surface area contributed by atoms with Gasteiger partial charge in [-0.3, -0.25) is 4.79 Å². The molecule has 4 aromatic rings. The van der Waals surface area contributed by atoms with Crippen molar-refractivity contribution >= 4 is 34.0 Å². The molecule has 148 valence electrons. The summed E-state index contributed by atoms with van der Waals surface area (Å²) in [5, 5.41) is 10.4. The van der Waals surface area contributed by atoms with E-state index in [9.17, 15) is 4.79 Å². The van der Waals surface area contributed by atoms with Crippen LogP contribution in [-0.2, 0) is 0 Å². The second-order valence-corrected chi connectivity index (χ2v) is 8.59. The SMILES string of the molecule is CC(C)c1cc(C(=O)Nc2ccccc2-c2cccs2)c2cnn(C(C)C)c2n1. The number of hydrogen-bond donors (Lipinski definition) is 1. The Morgan fingerprint density at radius 1 is 1.10 bits per heavy atom. The first-order valence-corrected chi connectivity index (χ1v) is 10.7. The number of thiophene rings is 1. The van der Waals surface area contributed by atoms with Crippen LogP contribution in [0.15, 0.2) is 54.0 Å². The standard InChI is InChI=1S/C23H24N4OS/c1-14(2)20-12-17(18-13-24-27(15(3)4)22(18)25-20)23(28)26-19-9-6-5-8-16(19)21-10-7-11-29-21/h5-15H,1-4H3,(H,26,28). The highest BCUT2D eigenvalue weighted by molar-refractivity contribution is 7.13. The van der Waals surface area contributed by atoms with Crippen molar-refractivity contribution in [3.63, 3.8) is 0 Å². The number of anilines is 1. The summed E-state index contributed by atoms with van der Waals surface area (Å²) in [5.74, 6) is 0.0616. The average Bonchev–Trinajstić information content (AvgIpc) is 3.37. The topological polar surface area (TPSA) is 59.8 Å². The molecule has 0 aliphatic carbocycles.